The summed E-state index contributed by atoms with van der Waals surface area (Å²) >= 11 is 0. The number of rotatable bonds is 6. The molecule has 7 heteroatoms. The number of imide groups is 1. The molecule has 7 nitrogen and oxygen atoms in total. The minimum atomic E-state index is -1.11. The molecule has 1 heterocycles. The molecule has 0 fully saturated rings. The molecule has 0 aliphatic carbocycles. The largest absolute Gasteiger partial charge is 0.454 e. The van der Waals surface area contributed by atoms with Crippen molar-refractivity contribution in [1.29, 1.82) is 0 Å². The summed E-state index contributed by atoms with van der Waals surface area (Å²) < 4.78 is 5.08. The van der Waals surface area contributed by atoms with E-state index in [0.29, 0.717) is 0 Å². The van der Waals surface area contributed by atoms with Crippen molar-refractivity contribution in [3.05, 3.63) is 35.4 Å². The van der Waals surface area contributed by atoms with Crippen molar-refractivity contribution in [3.63, 3.8) is 0 Å². The highest BCUT2D eigenvalue weighted by Crippen LogP contribution is 2.24. The SMILES string of the molecule is CC(C)N(C(=O)COC(=O)[C@H](C)N1C(=O)c2ccccc2C1=O)C(C)C. The highest BCUT2D eigenvalue weighted by Gasteiger charge is 2.41. The quantitative estimate of drug-likeness (QED) is 0.571. The number of fused-ring (bicyclic) bond motifs is 1. The smallest absolute Gasteiger partial charge is 0.329 e. The van der Waals surface area contributed by atoms with Gasteiger partial charge < -0.3 is 9.64 Å². The Hall–Kier alpha value is -2.70. The monoisotopic (exact) mass is 360 g/mol. The number of benzene rings is 1. The van der Waals surface area contributed by atoms with Crippen LogP contribution in [0.15, 0.2) is 24.3 Å². The Morgan fingerprint density at radius 1 is 0.962 bits per heavy atom. The van der Waals surface area contributed by atoms with E-state index in [1.807, 2.05) is 27.7 Å². The summed E-state index contributed by atoms with van der Waals surface area (Å²) in [5.74, 6) is -2.18. The second-order valence-corrected chi connectivity index (χ2v) is 6.80. The third-order valence-electron chi connectivity index (χ3n) is 4.29. The standard InChI is InChI=1S/C19H24N2O5/c1-11(2)20(12(3)4)16(22)10-26-19(25)13(5)21-17(23)14-8-6-7-9-15(14)18(21)24/h6-9,11-13H,10H2,1-5H3/t13-/m0/s1. The number of hydrogen-bond acceptors (Lipinski definition) is 5. The van der Waals surface area contributed by atoms with Crippen molar-refractivity contribution in [2.45, 2.75) is 52.7 Å². The molecule has 26 heavy (non-hydrogen) atoms. The second-order valence-electron chi connectivity index (χ2n) is 6.80. The molecule has 2 rings (SSSR count). The molecule has 1 atom stereocenters. The van der Waals surface area contributed by atoms with E-state index in [-0.39, 0.29) is 29.1 Å². The number of hydrogen-bond donors (Lipinski definition) is 0. The lowest BCUT2D eigenvalue weighted by atomic mass is 10.1. The van der Waals surface area contributed by atoms with E-state index in [2.05, 4.69) is 0 Å². The minimum absolute atomic E-state index is 0.0325. The summed E-state index contributed by atoms with van der Waals surface area (Å²) in [5, 5.41) is 0. The first kappa shape index (κ1) is 19.6. The molecule has 140 valence electrons. The number of carbonyl (C=O) groups is 4. The van der Waals surface area contributed by atoms with Gasteiger partial charge in [-0.3, -0.25) is 19.3 Å². The molecule has 1 aromatic carbocycles. The first-order valence-electron chi connectivity index (χ1n) is 8.61. The van der Waals surface area contributed by atoms with Crippen LogP contribution in [0.25, 0.3) is 0 Å². The van der Waals surface area contributed by atoms with Gasteiger partial charge in [0.2, 0.25) is 0 Å². The van der Waals surface area contributed by atoms with Crippen molar-refractivity contribution in [3.8, 4) is 0 Å². The zero-order chi connectivity index (χ0) is 19.6. The van der Waals surface area contributed by atoms with E-state index in [1.54, 1.807) is 29.2 Å². The van der Waals surface area contributed by atoms with Gasteiger partial charge in [0.15, 0.2) is 6.61 Å². The van der Waals surface area contributed by atoms with Crippen LogP contribution in [0.4, 0.5) is 0 Å². The molecule has 0 bridgehead atoms. The van der Waals surface area contributed by atoms with Crippen LogP contribution in [-0.2, 0) is 14.3 Å². The van der Waals surface area contributed by atoms with E-state index < -0.39 is 30.4 Å². The van der Waals surface area contributed by atoms with E-state index in [1.165, 1.54) is 6.92 Å². The molecular weight excluding hydrogens is 336 g/mol. The topological polar surface area (TPSA) is 84.0 Å². The van der Waals surface area contributed by atoms with Crippen molar-refractivity contribution in [2.75, 3.05) is 6.61 Å². The van der Waals surface area contributed by atoms with Gasteiger partial charge in [0.05, 0.1) is 11.1 Å². The molecule has 1 aliphatic heterocycles. The van der Waals surface area contributed by atoms with E-state index in [0.717, 1.165) is 4.90 Å². The van der Waals surface area contributed by atoms with Crippen molar-refractivity contribution < 1.29 is 23.9 Å². The highest BCUT2D eigenvalue weighted by molar-refractivity contribution is 6.22. The van der Waals surface area contributed by atoms with Crippen LogP contribution < -0.4 is 0 Å². The predicted molar refractivity (Wildman–Crippen MR) is 94.5 cm³/mol. The van der Waals surface area contributed by atoms with E-state index >= 15 is 0 Å². The summed E-state index contributed by atoms with van der Waals surface area (Å²) in [7, 11) is 0. The summed E-state index contributed by atoms with van der Waals surface area (Å²) in [6.07, 6.45) is 0. The number of esters is 1. The fourth-order valence-corrected chi connectivity index (χ4v) is 3.17. The van der Waals surface area contributed by atoms with Crippen LogP contribution in [0.5, 0.6) is 0 Å². The summed E-state index contributed by atoms with van der Waals surface area (Å²) in [6.45, 7) is 8.49. The Kier molecular flexibility index (Phi) is 5.79. The number of nitrogens with zero attached hydrogens (tertiary/aromatic N) is 2. The number of carbonyl (C=O) groups excluding carboxylic acids is 4. The first-order chi connectivity index (χ1) is 12.2. The van der Waals surface area contributed by atoms with Crippen LogP contribution in [0.1, 0.15) is 55.3 Å². The van der Waals surface area contributed by atoms with E-state index in [9.17, 15) is 19.2 Å². The average Bonchev–Trinajstić information content (AvgIpc) is 2.83. The normalized spacial score (nSPS) is 14.7. The van der Waals surface area contributed by atoms with Crippen LogP contribution >= 0.6 is 0 Å². The third kappa shape index (κ3) is 3.61. The van der Waals surface area contributed by atoms with Gasteiger partial charge in [0.1, 0.15) is 6.04 Å². The maximum absolute atomic E-state index is 12.4. The van der Waals surface area contributed by atoms with Gasteiger partial charge in [0.25, 0.3) is 17.7 Å². The van der Waals surface area contributed by atoms with Crippen molar-refractivity contribution in [2.24, 2.45) is 0 Å². The minimum Gasteiger partial charge on any atom is -0.454 e. The molecule has 1 aliphatic rings. The number of amides is 3. The Balaban J connectivity index is 2.04. The maximum Gasteiger partial charge on any atom is 0.329 e. The van der Waals surface area contributed by atoms with Crippen molar-refractivity contribution >= 4 is 23.7 Å². The summed E-state index contributed by atoms with van der Waals surface area (Å²) in [6, 6.07) is 5.22. The van der Waals surface area contributed by atoms with Crippen LogP contribution in [0.2, 0.25) is 0 Å². The molecule has 0 spiro atoms. The lowest BCUT2D eigenvalue weighted by molar-refractivity contribution is -0.156. The van der Waals surface area contributed by atoms with Gasteiger partial charge in [-0.1, -0.05) is 12.1 Å². The molecule has 0 saturated carbocycles. The molecular formula is C19H24N2O5. The van der Waals surface area contributed by atoms with Crippen LogP contribution in [-0.4, -0.2) is 58.2 Å². The van der Waals surface area contributed by atoms with E-state index in [4.69, 9.17) is 4.74 Å². The summed E-state index contributed by atoms with van der Waals surface area (Å²) in [5.41, 5.74) is 0.526. The zero-order valence-corrected chi connectivity index (χ0v) is 15.7. The molecule has 0 saturated heterocycles. The van der Waals surface area contributed by atoms with Crippen LogP contribution in [0, 0.1) is 0 Å². The Labute approximate surface area is 152 Å². The average molecular weight is 360 g/mol. The fourth-order valence-electron chi connectivity index (χ4n) is 3.17. The van der Waals surface area contributed by atoms with Crippen molar-refractivity contribution in [1.82, 2.24) is 9.80 Å². The van der Waals surface area contributed by atoms with Gasteiger partial charge in [-0.2, -0.15) is 0 Å². The molecule has 0 unspecified atom stereocenters. The van der Waals surface area contributed by atoms with Crippen LogP contribution in [0.3, 0.4) is 0 Å². The zero-order valence-electron chi connectivity index (χ0n) is 15.7. The molecule has 0 aromatic heterocycles. The Morgan fingerprint density at radius 2 is 1.42 bits per heavy atom. The Bertz CT molecular complexity index is 698. The molecule has 0 N–H and O–H groups in total. The maximum atomic E-state index is 12.4. The van der Waals surface area contributed by atoms with Gasteiger partial charge in [-0.15, -0.1) is 0 Å². The second kappa shape index (κ2) is 7.68. The van der Waals surface area contributed by atoms with Gasteiger partial charge in [-0.25, -0.2) is 4.79 Å². The molecule has 1 aromatic rings. The first-order valence-corrected chi connectivity index (χ1v) is 8.61. The molecule has 0 radical (unpaired) electrons. The lowest BCUT2D eigenvalue weighted by Crippen LogP contribution is -2.47. The fraction of sp³-hybridized carbons (Fsp3) is 0.474. The van der Waals surface area contributed by atoms with Gasteiger partial charge in [-0.05, 0) is 46.8 Å². The predicted octanol–water partition coefficient (Wildman–Crippen LogP) is 1.86. The summed E-state index contributed by atoms with van der Waals surface area (Å²) in [4.78, 5) is 51.9. The highest BCUT2D eigenvalue weighted by atomic mass is 16.5. The third-order valence-corrected chi connectivity index (χ3v) is 4.29. The molecule has 3 amide bonds. The lowest BCUT2D eigenvalue weighted by Gasteiger charge is -2.30. The van der Waals surface area contributed by atoms with Gasteiger partial charge >= 0.3 is 5.97 Å². The Morgan fingerprint density at radius 3 is 1.85 bits per heavy atom. The van der Waals surface area contributed by atoms with Gasteiger partial charge in [0, 0.05) is 12.1 Å². The number of ether oxygens (including phenoxy) is 1.